The summed E-state index contributed by atoms with van der Waals surface area (Å²) in [5.41, 5.74) is 12.6. The average molecular weight is 392 g/mol. The zero-order valence-electron chi connectivity index (χ0n) is 17.6. The van der Waals surface area contributed by atoms with Gasteiger partial charge in [0.1, 0.15) is 0 Å². The van der Waals surface area contributed by atoms with Crippen molar-refractivity contribution in [1.29, 1.82) is 0 Å². The number of morpholine rings is 1. The van der Waals surface area contributed by atoms with Gasteiger partial charge in [-0.15, -0.1) is 5.10 Å². The molecule has 1 saturated heterocycles. The van der Waals surface area contributed by atoms with Gasteiger partial charge >= 0.3 is 0 Å². The summed E-state index contributed by atoms with van der Waals surface area (Å²) in [7, 11) is 0. The first-order valence-electron chi connectivity index (χ1n) is 10.2. The number of fused-ring (bicyclic) bond motifs is 1. The Labute approximate surface area is 172 Å². The molecule has 3 N–H and O–H groups in total. The number of hydrogen-bond donors (Lipinski definition) is 2. The van der Waals surface area contributed by atoms with Crippen molar-refractivity contribution in [2.75, 3.05) is 42.3 Å². The second kappa shape index (κ2) is 7.87. The summed E-state index contributed by atoms with van der Waals surface area (Å²) in [6, 6.07) is 10.7. The SMILES string of the molecule is Cc1cc(N)cc([C@@H](C)Nc2nnc(C)c3ccc(N4CCOCC4)cc23)c1C. The van der Waals surface area contributed by atoms with Crippen LogP contribution in [0.25, 0.3) is 10.8 Å². The highest BCUT2D eigenvalue weighted by Crippen LogP contribution is 2.32. The maximum absolute atomic E-state index is 6.10. The van der Waals surface area contributed by atoms with Gasteiger partial charge in [0.25, 0.3) is 0 Å². The molecule has 6 heteroatoms. The fourth-order valence-corrected chi connectivity index (χ4v) is 4.05. The zero-order valence-corrected chi connectivity index (χ0v) is 17.6. The van der Waals surface area contributed by atoms with Gasteiger partial charge in [-0.05, 0) is 68.7 Å². The van der Waals surface area contributed by atoms with E-state index >= 15 is 0 Å². The highest BCUT2D eigenvalue weighted by molar-refractivity contribution is 5.95. The number of nitrogens with one attached hydrogen (secondary N) is 1. The summed E-state index contributed by atoms with van der Waals surface area (Å²) in [5, 5.41) is 14.7. The number of nitrogens with zero attached hydrogens (tertiary/aromatic N) is 3. The van der Waals surface area contributed by atoms with E-state index in [9.17, 15) is 0 Å². The van der Waals surface area contributed by atoms with Crippen LogP contribution in [0.5, 0.6) is 0 Å². The summed E-state index contributed by atoms with van der Waals surface area (Å²) >= 11 is 0. The number of benzene rings is 2. The molecule has 6 nitrogen and oxygen atoms in total. The lowest BCUT2D eigenvalue weighted by molar-refractivity contribution is 0.122. The third kappa shape index (κ3) is 3.85. The molecule has 0 amide bonds. The molecule has 1 fully saturated rings. The zero-order chi connectivity index (χ0) is 20.5. The minimum Gasteiger partial charge on any atom is -0.399 e. The largest absolute Gasteiger partial charge is 0.399 e. The molecular formula is C23H29N5O. The predicted octanol–water partition coefficient (Wildman–Crippen LogP) is 4.15. The van der Waals surface area contributed by atoms with E-state index in [1.807, 2.05) is 19.1 Å². The van der Waals surface area contributed by atoms with Crippen LogP contribution in [-0.4, -0.2) is 36.5 Å². The molecule has 2 aromatic carbocycles. The highest BCUT2D eigenvalue weighted by Gasteiger charge is 2.17. The summed E-state index contributed by atoms with van der Waals surface area (Å²) in [6.45, 7) is 11.7. The van der Waals surface area contributed by atoms with Crippen molar-refractivity contribution in [3.05, 3.63) is 52.7 Å². The van der Waals surface area contributed by atoms with Gasteiger partial charge in [0.15, 0.2) is 5.82 Å². The number of ether oxygens (including phenoxy) is 1. The molecule has 0 unspecified atom stereocenters. The number of rotatable bonds is 4. The van der Waals surface area contributed by atoms with Gasteiger partial charge < -0.3 is 20.7 Å². The van der Waals surface area contributed by atoms with Crippen LogP contribution in [0, 0.1) is 20.8 Å². The topological polar surface area (TPSA) is 76.3 Å². The molecule has 4 rings (SSSR count). The first-order chi connectivity index (χ1) is 13.9. The fraction of sp³-hybridized carbons (Fsp3) is 0.391. The molecule has 29 heavy (non-hydrogen) atoms. The van der Waals surface area contributed by atoms with E-state index in [0.29, 0.717) is 0 Å². The van der Waals surface area contributed by atoms with E-state index in [2.05, 4.69) is 59.4 Å². The van der Waals surface area contributed by atoms with Gasteiger partial charge in [-0.25, -0.2) is 0 Å². The summed E-state index contributed by atoms with van der Waals surface area (Å²) < 4.78 is 5.50. The Morgan fingerprint density at radius 1 is 1.03 bits per heavy atom. The van der Waals surface area contributed by atoms with E-state index in [0.717, 1.165) is 54.3 Å². The first-order valence-corrected chi connectivity index (χ1v) is 10.2. The molecule has 1 atom stereocenters. The molecule has 0 aliphatic carbocycles. The molecule has 1 aliphatic rings. The monoisotopic (exact) mass is 391 g/mol. The number of nitrogens with two attached hydrogens (primary N) is 1. The molecule has 2 heterocycles. The number of aromatic nitrogens is 2. The quantitative estimate of drug-likeness (QED) is 0.651. The maximum Gasteiger partial charge on any atom is 0.157 e. The van der Waals surface area contributed by atoms with Crippen molar-refractivity contribution in [3.63, 3.8) is 0 Å². The summed E-state index contributed by atoms with van der Waals surface area (Å²) in [4.78, 5) is 2.36. The van der Waals surface area contributed by atoms with E-state index in [4.69, 9.17) is 10.5 Å². The molecule has 152 valence electrons. The van der Waals surface area contributed by atoms with Crippen molar-refractivity contribution >= 4 is 28.0 Å². The molecule has 0 spiro atoms. The number of nitrogen functional groups attached to an aromatic ring is 1. The highest BCUT2D eigenvalue weighted by atomic mass is 16.5. The molecule has 1 aliphatic heterocycles. The third-order valence-electron chi connectivity index (χ3n) is 5.87. The Morgan fingerprint density at radius 3 is 2.55 bits per heavy atom. The van der Waals surface area contributed by atoms with Gasteiger partial charge in [-0.2, -0.15) is 5.10 Å². The minimum absolute atomic E-state index is 0.0597. The molecule has 3 aromatic rings. The van der Waals surface area contributed by atoms with E-state index in [-0.39, 0.29) is 6.04 Å². The van der Waals surface area contributed by atoms with Gasteiger partial charge in [-0.1, -0.05) is 6.07 Å². The Morgan fingerprint density at radius 2 is 1.79 bits per heavy atom. The van der Waals surface area contributed by atoms with Gasteiger partial charge in [0, 0.05) is 35.2 Å². The number of anilines is 3. The normalized spacial score (nSPS) is 15.5. The van der Waals surface area contributed by atoms with Crippen molar-refractivity contribution in [2.24, 2.45) is 0 Å². The van der Waals surface area contributed by atoms with Crippen LogP contribution in [0.3, 0.4) is 0 Å². The Kier molecular flexibility index (Phi) is 5.28. The van der Waals surface area contributed by atoms with Gasteiger partial charge in [-0.3, -0.25) is 0 Å². The molecule has 0 saturated carbocycles. The Bertz CT molecular complexity index is 1040. The van der Waals surface area contributed by atoms with Crippen LogP contribution in [0.15, 0.2) is 30.3 Å². The second-order valence-electron chi connectivity index (χ2n) is 7.88. The lowest BCUT2D eigenvalue weighted by atomic mass is 9.97. The first kappa shape index (κ1) is 19.5. The van der Waals surface area contributed by atoms with Crippen molar-refractivity contribution in [3.8, 4) is 0 Å². The number of hydrogen-bond acceptors (Lipinski definition) is 6. The second-order valence-corrected chi connectivity index (χ2v) is 7.88. The van der Waals surface area contributed by atoms with Crippen molar-refractivity contribution in [2.45, 2.75) is 33.7 Å². The number of aryl methyl sites for hydroxylation is 2. The molecule has 0 bridgehead atoms. The van der Waals surface area contributed by atoms with Crippen LogP contribution in [-0.2, 0) is 4.74 Å². The van der Waals surface area contributed by atoms with E-state index < -0.39 is 0 Å². The maximum atomic E-state index is 6.10. The van der Waals surface area contributed by atoms with E-state index in [1.54, 1.807) is 0 Å². The summed E-state index contributed by atoms with van der Waals surface area (Å²) in [5.74, 6) is 0.799. The smallest absolute Gasteiger partial charge is 0.157 e. The molecule has 1 aromatic heterocycles. The van der Waals surface area contributed by atoms with Crippen LogP contribution >= 0.6 is 0 Å². The summed E-state index contributed by atoms with van der Waals surface area (Å²) in [6.07, 6.45) is 0. The molecule has 0 radical (unpaired) electrons. The van der Waals surface area contributed by atoms with Crippen LogP contribution in [0.1, 0.15) is 35.3 Å². The third-order valence-corrected chi connectivity index (χ3v) is 5.87. The predicted molar refractivity (Wildman–Crippen MR) is 120 cm³/mol. The molecular weight excluding hydrogens is 362 g/mol. The van der Waals surface area contributed by atoms with Crippen molar-refractivity contribution < 1.29 is 4.74 Å². The Hall–Kier alpha value is -2.86. The fourth-order valence-electron chi connectivity index (χ4n) is 4.05. The van der Waals surface area contributed by atoms with Crippen molar-refractivity contribution in [1.82, 2.24) is 10.2 Å². The van der Waals surface area contributed by atoms with E-state index in [1.165, 1.54) is 22.4 Å². The average Bonchev–Trinajstić information content (AvgIpc) is 2.73. The lowest BCUT2D eigenvalue weighted by Crippen LogP contribution is -2.36. The lowest BCUT2D eigenvalue weighted by Gasteiger charge is -2.29. The van der Waals surface area contributed by atoms with Crippen LogP contribution in [0.2, 0.25) is 0 Å². The van der Waals surface area contributed by atoms with Crippen LogP contribution < -0.4 is 16.0 Å². The minimum atomic E-state index is 0.0597. The standard InChI is InChI=1S/C23H29N5O/c1-14-11-18(24)12-21(15(14)2)16(3)25-23-22-13-19(28-7-9-29-10-8-28)5-6-20(22)17(4)26-27-23/h5-6,11-13,16H,7-10,24H2,1-4H3,(H,25,27)/t16-/m1/s1. The Balaban J connectivity index is 1.72. The van der Waals surface area contributed by atoms with Crippen LogP contribution in [0.4, 0.5) is 17.2 Å². The van der Waals surface area contributed by atoms with Gasteiger partial charge in [0.05, 0.1) is 24.9 Å². The van der Waals surface area contributed by atoms with Gasteiger partial charge in [0.2, 0.25) is 0 Å².